The summed E-state index contributed by atoms with van der Waals surface area (Å²) in [5.74, 6) is 0.252. The Morgan fingerprint density at radius 3 is 2.73 bits per heavy atom. The summed E-state index contributed by atoms with van der Waals surface area (Å²) in [6, 6.07) is 1.65. The van der Waals surface area contributed by atoms with E-state index in [9.17, 15) is 13.2 Å². The predicted octanol–water partition coefficient (Wildman–Crippen LogP) is 1.98. The first-order valence-electron chi connectivity index (χ1n) is 7.73. The number of nitrogens with zero attached hydrogens (tertiary/aromatic N) is 1. The van der Waals surface area contributed by atoms with Gasteiger partial charge in [-0.2, -0.15) is 0 Å². The molecule has 0 spiro atoms. The molecule has 1 saturated carbocycles. The number of carbonyl (C=O) groups is 1. The molecule has 0 bridgehead atoms. The van der Waals surface area contributed by atoms with Crippen molar-refractivity contribution in [3.05, 3.63) is 17.5 Å². The van der Waals surface area contributed by atoms with Gasteiger partial charge in [0.15, 0.2) is 9.84 Å². The molecule has 0 radical (unpaired) electrons. The smallest absolute Gasteiger partial charge is 0.238 e. The summed E-state index contributed by atoms with van der Waals surface area (Å²) in [6.45, 7) is 5.23. The molecule has 0 unspecified atom stereocenters. The fraction of sp³-hybridized carbons (Fsp3) is 0.733. The topological polar surface area (TPSA) is 89.3 Å². The highest BCUT2D eigenvalue weighted by Crippen LogP contribution is 2.24. The Morgan fingerprint density at radius 1 is 1.45 bits per heavy atom. The zero-order chi connectivity index (χ0) is 16.3. The molecule has 22 heavy (non-hydrogen) atoms. The van der Waals surface area contributed by atoms with Crippen LogP contribution < -0.4 is 5.32 Å². The zero-order valence-electron chi connectivity index (χ0n) is 13.3. The van der Waals surface area contributed by atoms with Crippen LogP contribution in [0, 0.1) is 12.8 Å². The molecule has 1 aromatic rings. The van der Waals surface area contributed by atoms with Crippen molar-refractivity contribution in [1.29, 1.82) is 0 Å². The van der Waals surface area contributed by atoms with E-state index in [0.29, 0.717) is 17.4 Å². The summed E-state index contributed by atoms with van der Waals surface area (Å²) in [5.41, 5.74) is 0.336. The Bertz CT molecular complexity index is 623. The number of hydrogen-bond acceptors (Lipinski definition) is 5. The van der Waals surface area contributed by atoms with E-state index in [1.54, 1.807) is 13.0 Å². The van der Waals surface area contributed by atoms with Gasteiger partial charge in [0, 0.05) is 12.1 Å². The maximum atomic E-state index is 12.3. The van der Waals surface area contributed by atoms with E-state index in [4.69, 9.17) is 4.52 Å². The molecule has 7 heteroatoms. The van der Waals surface area contributed by atoms with E-state index in [1.807, 2.05) is 0 Å². The molecule has 1 aromatic heterocycles. The fourth-order valence-corrected chi connectivity index (χ4v) is 4.00. The fourth-order valence-electron chi connectivity index (χ4n) is 2.81. The molecule has 1 N–H and O–H groups in total. The van der Waals surface area contributed by atoms with Crippen LogP contribution in [0.1, 0.15) is 51.0 Å². The van der Waals surface area contributed by atoms with Gasteiger partial charge in [0.25, 0.3) is 0 Å². The van der Waals surface area contributed by atoms with Crippen LogP contribution in [0.2, 0.25) is 0 Å². The number of rotatable bonds is 5. The molecule has 1 heterocycles. The van der Waals surface area contributed by atoms with Gasteiger partial charge in [-0.05, 0) is 32.6 Å². The lowest BCUT2D eigenvalue weighted by Gasteiger charge is -2.30. The Morgan fingerprint density at radius 2 is 2.14 bits per heavy atom. The number of sulfone groups is 1. The minimum atomic E-state index is -3.60. The lowest BCUT2D eigenvalue weighted by molar-refractivity contribution is -0.121. The molecule has 3 atom stereocenters. The minimum Gasteiger partial charge on any atom is -0.361 e. The summed E-state index contributed by atoms with van der Waals surface area (Å²) < 4.78 is 29.5. The van der Waals surface area contributed by atoms with E-state index in [-0.39, 0.29) is 11.8 Å². The minimum absolute atomic E-state index is 0.0770. The van der Waals surface area contributed by atoms with Crippen molar-refractivity contribution in [2.24, 2.45) is 5.92 Å². The average molecular weight is 328 g/mol. The van der Waals surface area contributed by atoms with Crippen LogP contribution in [-0.2, 0) is 20.4 Å². The number of amides is 1. The summed E-state index contributed by atoms with van der Waals surface area (Å²) >= 11 is 0. The quantitative estimate of drug-likeness (QED) is 0.892. The number of aromatic nitrogens is 1. The molecule has 0 aromatic carbocycles. The van der Waals surface area contributed by atoms with Crippen molar-refractivity contribution in [3.8, 4) is 0 Å². The molecule has 0 saturated heterocycles. The molecule has 1 amide bonds. The largest absolute Gasteiger partial charge is 0.361 e. The third-order valence-corrected chi connectivity index (χ3v) is 6.36. The van der Waals surface area contributed by atoms with Crippen LogP contribution in [0.5, 0.6) is 0 Å². The van der Waals surface area contributed by atoms with Crippen molar-refractivity contribution in [2.45, 2.75) is 63.5 Å². The van der Waals surface area contributed by atoms with Crippen molar-refractivity contribution < 1.29 is 17.7 Å². The zero-order valence-corrected chi connectivity index (χ0v) is 14.1. The Kier molecular flexibility index (Phi) is 5.26. The second kappa shape index (κ2) is 6.81. The van der Waals surface area contributed by atoms with E-state index >= 15 is 0 Å². The molecule has 1 aliphatic carbocycles. The molecule has 124 valence electrons. The van der Waals surface area contributed by atoms with E-state index < -0.39 is 21.0 Å². The second-order valence-electron chi connectivity index (χ2n) is 6.26. The first kappa shape index (κ1) is 17.0. The predicted molar refractivity (Wildman–Crippen MR) is 82.9 cm³/mol. The Labute approximate surface area is 131 Å². The molecule has 1 aliphatic rings. The third kappa shape index (κ3) is 4.09. The van der Waals surface area contributed by atoms with Gasteiger partial charge in [-0.25, -0.2) is 8.42 Å². The van der Waals surface area contributed by atoms with Crippen LogP contribution in [0.25, 0.3) is 0 Å². The van der Waals surface area contributed by atoms with Crippen LogP contribution >= 0.6 is 0 Å². The van der Waals surface area contributed by atoms with Crippen molar-refractivity contribution in [1.82, 2.24) is 10.5 Å². The average Bonchev–Trinajstić information content (AvgIpc) is 2.85. The summed E-state index contributed by atoms with van der Waals surface area (Å²) in [4.78, 5) is 12.3. The highest BCUT2D eigenvalue weighted by Gasteiger charge is 2.32. The second-order valence-corrected chi connectivity index (χ2v) is 8.58. The van der Waals surface area contributed by atoms with E-state index in [0.717, 1.165) is 19.3 Å². The normalized spacial score (nSPS) is 24.0. The van der Waals surface area contributed by atoms with Gasteiger partial charge in [0.1, 0.15) is 11.0 Å². The Hall–Kier alpha value is -1.37. The number of aryl methyl sites for hydroxylation is 1. The maximum absolute atomic E-state index is 12.3. The number of nitrogens with one attached hydrogen (secondary N) is 1. The monoisotopic (exact) mass is 328 g/mol. The molecular formula is C15H24N2O4S. The van der Waals surface area contributed by atoms with E-state index in [1.165, 1.54) is 13.3 Å². The van der Waals surface area contributed by atoms with Gasteiger partial charge < -0.3 is 9.84 Å². The summed E-state index contributed by atoms with van der Waals surface area (Å²) in [6.07, 6.45) is 4.24. The van der Waals surface area contributed by atoms with Crippen molar-refractivity contribution >= 4 is 15.7 Å². The van der Waals surface area contributed by atoms with Gasteiger partial charge in [0.05, 0.1) is 11.4 Å². The summed E-state index contributed by atoms with van der Waals surface area (Å²) in [7, 11) is -3.60. The van der Waals surface area contributed by atoms with Gasteiger partial charge >= 0.3 is 0 Å². The van der Waals surface area contributed by atoms with Gasteiger partial charge in [0.2, 0.25) is 5.91 Å². The first-order chi connectivity index (χ1) is 10.3. The molecule has 6 nitrogen and oxygen atoms in total. The van der Waals surface area contributed by atoms with Gasteiger partial charge in [-0.3, -0.25) is 4.79 Å². The highest BCUT2D eigenvalue weighted by atomic mass is 32.2. The number of carbonyl (C=O) groups excluding carboxylic acids is 1. The molecule has 2 rings (SSSR count). The van der Waals surface area contributed by atoms with Gasteiger partial charge in [-0.1, -0.05) is 24.9 Å². The maximum Gasteiger partial charge on any atom is 0.238 e. The molecular weight excluding hydrogens is 304 g/mol. The summed E-state index contributed by atoms with van der Waals surface area (Å²) in [5, 5.41) is 5.50. The highest BCUT2D eigenvalue weighted by molar-refractivity contribution is 7.92. The van der Waals surface area contributed by atoms with Crippen LogP contribution in [0.4, 0.5) is 0 Å². The van der Waals surface area contributed by atoms with Crippen LogP contribution in [0.3, 0.4) is 0 Å². The Balaban J connectivity index is 1.99. The standard InChI is InChI=1S/C15H24N2O4S/c1-10-6-4-5-7-14(10)16-15(18)12(3)22(19,20)9-13-8-11(2)21-17-13/h8,10,12,14H,4-7,9H2,1-3H3,(H,16,18)/t10-,12+,14-/m0/s1. The van der Waals surface area contributed by atoms with Gasteiger partial charge in [-0.15, -0.1) is 0 Å². The molecule has 1 fully saturated rings. The molecule has 0 aliphatic heterocycles. The lowest BCUT2D eigenvalue weighted by Crippen LogP contribution is -2.47. The third-order valence-electron chi connectivity index (χ3n) is 4.37. The lowest BCUT2D eigenvalue weighted by atomic mass is 9.86. The van der Waals surface area contributed by atoms with E-state index in [2.05, 4.69) is 17.4 Å². The van der Waals surface area contributed by atoms with Crippen molar-refractivity contribution in [2.75, 3.05) is 0 Å². The number of hydrogen-bond donors (Lipinski definition) is 1. The van der Waals surface area contributed by atoms with Crippen molar-refractivity contribution in [3.63, 3.8) is 0 Å². The SMILES string of the molecule is Cc1cc(CS(=O)(=O)[C@H](C)C(=O)N[C@H]2CCCC[C@@H]2C)no1. The van der Waals surface area contributed by atoms with Crippen LogP contribution in [-0.4, -0.2) is 30.8 Å². The first-order valence-corrected chi connectivity index (χ1v) is 9.45. The van der Waals surface area contributed by atoms with Crippen LogP contribution in [0.15, 0.2) is 10.6 Å².